The predicted molar refractivity (Wildman–Crippen MR) is 228 cm³/mol. The Labute approximate surface area is 352 Å². The molecule has 0 radical (unpaired) electrons. The van der Waals surface area contributed by atoms with E-state index in [0.717, 1.165) is 16.7 Å². The number of halogens is 4. The Morgan fingerprint density at radius 3 is 1.48 bits per heavy atom. The summed E-state index contributed by atoms with van der Waals surface area (Å²) in [5.41, 5.74) is 4.84. The standard InChI is InChI=1S/C49H31F4N9/c1-49(22-18-38(53)19-23-49)48-60-44(31-10-16-37(52)17-11-31)59-46(61-48)33-26-32(27-34(28-33)47-55-40-4-2-3-5-41(40)62(47)39-20-24-54-25-21-39)45-57-42(29-6-12-35(50)13-7-29)56-43(58-45)30-8-14-36(51)15-9-30/h2-22,24-28H,23H2,1H3. The summed E-state index contributed by atoms with van der Waals surface area (Å²) >= 11 is 0. The number of allylic oxidation sites excluding steroid dienone is 4. The summed E-state index contributed by atoms with van der Waals surface area (Å²) in [5, 5.41) is 0. The predicted octanol–water partition coefficient (Wildman–Crippen LogP) is 11.3. The summed E-state index contributed by atoms with van der Waals surface area (Å²) in [6, 6.07) is 34.6. The topological polar surface area (TPSA) is 108 Å². The van der Waals surface area contributed by atoms with Gasteiger partial charge in [0.15, 0.2) is 29.1 Å². The van der Waals surface area contributed by atoms with E-state index < -0.39 is 22.9 Å². The van der Waals surface area contributed by atoms with Gasteiger partial charge in [-0.15, -0.1) is 0 Å². The normalized spacial score (nSPS) is 14.9. The van der Waals surface area contributed by atoms with Crippen LogP contribution in [-0.4, -0.2) is 44.4 Å². The van der Waals surface area contributed by atoms with E-state index in [1.807, 2.05) is 66.1 Å². The Kier molecular flexibility index (Phi) is 9.55. The average Bonchev–Trinajstić information content (AvgIpc) is 3.70. The zero-order valence-electron chi connectivity index (χ0n) is 32.8. The molecule has 13 heteroatoms. The van der Waals surface area contributed by atoms with E-state index in [1.165, 1.54) is 48.6 Å². The quantitative estimate of drug-likeness (QED) is 0.139. The summed E-state index contributed by atoms with van der Waals surface area (Å²) in [5.74, 6) is 0.608. The minimum Gasteiger partial charge on any atom is -0.292 e. The zero-order valence-corrected chi connectivity index (χ0v) is 32.8. The van der Waals surface area contributed by atoms with Crippen molar-refractivity contribution in [2.75, 3.05) is 0 Å². The number of benzene rings is 5. The van der Waals surface area contributed by atoms with Crippen LogP contribution >= 0.6 is 0 Å². The molecule has 0 aliphatic heterocycles. The first-order chi connectivity index (χ1) is 30.2. The van der Waals surface area contributed by atoms with E-state index in [4.69, 9.17) is 34.9 Å². The van der Waals surface area contributed by atoms with Crippen LogP contribution in [0.15, 0.2) is 164 Å². The van der Waals surface area contributed by atoms with E-state index in [1.54, 1.807) is 54.9 Å². The molecule has 62 heavy (non-hydrogen) atoms. The minimum atomic E-state index is -0.819. The lowest BCUT2D eigenvalue weighted by molar-refractivity contribution is 0.531. The summed E-state index contributed by atoms with van der Waals surface area (Å²) < 4.78 is 58.9. The lowest BCUT2D eigenvalue weighted by atomic mass is 9.82. The molecule has 10 rings (SSSR count). The van der Waals surface area contributed by atoms with Gasteiger partial charge < -0.3 is 0 Å². The van der Waals surface area contributed by atoms with Crippen LogP contribution in [0.4, 0.5) is 17.6 Å². The van der Waals surface area contributed by atoms with Gasteiger partial charge in [0.05, 0.1) is 16.7 Å². The Bertz CT molecular complexity index is 3140. The smallest absolute Gasteiger partial charge is 0.164 e. The van der Waals surface area contributed by atoms with Crippen LogP contribution in [0.2, 0.25) is 0 Å². The van der Waals surface area contributed by atoms with Gasteiger partial charge in [0.2, 0.25) is 0 Å². The highest BCUT2D eigenvalue weighted by atomic mass is 19.1. The molecule has 9 nitrogen and oxygen atoms in total. The SMILES string of the molecule is CC1(c2nc(-c3ccc(F)cc3)nc(-c3cc(-c4nc(-c5ccc(F)cc5)nc(-c5ccc(F)cc5)n4)cc(-c4nc5ccccc5n4-c4ccncc4)c3)n2)C=CC(F)=CC1. The molecule has 0 saturated heterocycles. The van der Waals surface area contributed by atoms with E-state index in [0.29, 0.717) is 45.0 Å². The van der Waals surface area contributed by atoms with Crippen molar-refractivity contribution < 1.29 is 17.6 Å². The van der Waals surface area contributed by atoms with Crippen LogP contribution in [0.5, 0.6) is 0 Å². The van der Waals surface area contributed by atoms with Crippen molar-refractivity contribution in [1.82, 2.24) is 44.4 Å². The van der Waals surface area contributed by atoms with Crippen LogP contribution < -0.4 is 0 Å². The Balaban J connectivity index is 1.25. The number of hydrogen-bond acceptors (Lipinski definition) is 8. The van der Waals surface area contributed by atoms with Gasteiger partial charge in [0.1, 0.15) is 34.9 Å². The molecular formula is C49H31F4N9. The van der Waals surface area contributed by atoms with Crippen molar-refractivity contribution in [3.8, 4) is 74.0 Å². The number of imidazole rings is 1. The number of pyridine rings is 1. The van der Waals surface area contributed by atoms with Crippen molar-refractivity contribution in [2.45, 2.75) is 18.8 Å². The molecule has 4 aromatic heterocycles. The maximum atomic E-state index is 14.3. The third kappa shape index (κ3) is 7.40. The van der Waals surface area contributed by atoms with Gasteiger partial charge in [-0.25, -0.2) is 52.4 Å². The molecule has 1 atom stereocenters. The van der Waals surface area contributed by atoms with Gasteiger partial charge in [0, 0.05) is 51.2 Å². The van der Waals surface area contributed by atoms with Crippen molar-refractivity contribution in [3.63, 3.8) is 0 Å². The highest BCUT2D eigenvalue weighted by molar-refractivity contribution is 5.86. The van der Waals surface area contributed by atoms with Crippen LogP contribution in [0.25, 0.3) is 85.0 Å². The highest BCUT2D eigenvalue weighted by Crippen LogP contribution is 2.38. The largest absolute Gasteiger partial charge is 0.292 e. The van der Waals surface area contributed by atoms with Crippen molar-refractivity contribution in [2.24, 2.45) is 0 Å². The number of fused-ring (bicyclic) bond motifs is 1. The number of hydrogen-bond donors (Lipinski definition) is 0. The first kappa shape index (κ1) is 38.2. The van der Waals surface area contributed by atoms with Gasteiger partial charge in [-0.05, 0) is 141 Å². The Morgan fingerprint density at radius 2 is 0.968 bits per heavy atom. The van der Waals surface area contributed by atoms with Crippen LogP contribution in [-0.2, 0) is 5.41 Å². The molecule has 4 heterocycles. The molecule has 1 aliphatic rings. The second-order valence-corrected chi connectivity index (χ2v) is 14.9. The number of aromatic nitrogens is 9. The maximum absolute atomic E-state index is 14.3. The highest BCUT2D eigenvalue weighted by Gasteiger charge is 2.30. The Morgan fingerprint density at radius 1 is 0.500 bits per heavy atom. The molecule has 1 aliphatic carbocycles. The fourth-order valence-electron chi connectivity index (χ4n) is 7.31. The average molecular weight is 822 g/mol. The molecule has 0 N–H and O–H groups in total. The van der Waals surface area contributed by atoms with Crippen LogP contribution in [0, 0.1) is 17.5 Å². The summed E-state index contributed by atoms with van der Waals surface area (Å²) in [6.07, 6.45) is 8.31. The molecule has 1 unspecified atom stereocenters. The summed E-state index contributed by atoms with van der Waals surface area (Å²) in [7, 11) is 0. The second-order valence-electron chi connectivity index (χ2n) is 14.9. The summed E-state index contributed by atoms with van der Waals surface area (Å²) in [6.45, 7) is 1.91. The molecule has 0 amide bonds. The minimum absolute atomic E-state index is 0.240. The van der Waals surface area contributed by atoms with Gasteiger partial charge >= 0.3 is 0 Å². The van der Waals surface area contributed by atoms with Crippen molar-refractivity contribution in [3.05, 3.63) is 187 Å². The monoisotopic (exact) mass is 821 g/mol. The maximum Gasteiger partial charge on any atom is 0.164 e. The van der Waals surface area contributed by atoms with E-state index in [9.17, 15) is 17.6 Å². The third-order valence-corrected chi connectivity index (χ3v) is 10.6. The molecule has 0 bridgehead atoms. The fraction of sp³-hybridized carbons (Fsp3) is 0.0612. The molecule has 0 saturated carbocycles. The second kappa shape index (κ2) is 15.5. The first-order valence-electron chi connectivity index (χ1n) is 19.6. The zero-order chi connectivity index (χ0) is 42.4. The van der Waals surface area contributed by atoms with Gasteiger partial charge in [-0.3, -0.25) is 9.55 Å². The molecule has 0 spiro atoms. The van der Waals surface area contributed by atoms with Gasteiger partial charge in [-0.1, -0.05) is 18.2 Å². The van der Waals surface area contributed by atoms with E-state index in [2.05, 4.69) is 4.98 Å². The van der Waals surface area contributed by atoms with Crippen LogP contribution in [0.3, 0.4) is 0 Å². The number of nitrogens with zero attached hydrogens (tertiary/aromatic N) is 9. The molecule has 300 valence electrons. The van der Waals surface area contributed by atoms with E-state index >= 15 is 0 Å². The van der Waals surface area contributed by atoms with Gasteiger partial charge in [-0.2, -0.15) is 0 Å². The molecule has 9 aromatic rings. The number of para-hydroxylation sites is 2. The van der Waals surface area contributed by atoms with Crippen LogP contribution in [0.1, 0.15) is 19.2 Å². The summed E-state index contributed by atoms with van der Waals surface area (Å²) in [4.78, 5) is 38.9. The third-order valence-electron chi connectivity index (χ3n) is 10.6. The molecule has 5 aromatic carbocycles. The number of rotatable bonds is 8. The molecule has 0 fully saturated rings. The van der Waals surface area contributed by atoms with Crippen molar-refractivity contribution in [1.29, 1.82) is 0 Å². The lowest BCUT2D eigenvalue weighted by Crippen LogP contribution is -2.24. The Hall–Kier alpha value is -8.06. The van der Waals surface area contributed by atoms with E-state index in [-0.39, 0.29) is 41.4 Å². The lowest BCUT2D eigenvalue weighted by Gasteiger charge is -2.26. The van der Waals surface area contributed by atoms with Crippen molar-refractivity contribution >= 4 is 11.0 Å². The molecular weight excluding hydrogens is 791 g/mol. The first-order valence-corrected chi connectivity index (χ1v) is 19.6. The van der Waals surface area contributed by atoms with Gasteiger partial charge in [0.25, 0.3) is 0 Å². The fourth-order valence-corrected chi connectivity index (χ4v) is 7.31.